The van der Waals surface area contributed by atoms with Crippen LogP contribution in [0, 0.1) is 6.92 Å². The number of rotatable bonds is 5. The van der Waals surface area contributed by atoms with Crippen molar-refractivity contribution in [1.29, 1.82) is 0 Å². The lowest BCUT2D eigenvalue weighted by Crippen LogP contribution is -2.24. The Hall–Kier alpha value is -1.14. The average Bonchev–Trinajstić information content (AvgIpc) is 2.81. The van der Waals surface area contributed by atoms with E-state index in [9.17, 15) is 9.90 Å². The molecule has 2 N–H and O–H groups in total. The smallest absolute Gasteiger partial charge is 0.223 e. The van der Waals surface area contributed by atoms with Gasteiger partial charge in [0.25, 0.3) is 0 Å². The Morgan fingerprint density at radius 2 is 2.05 bits per heavy atom. The van der Waals surface area contributed by atoms with Crippen molar-refractivity contribution >= 4 is 40.4 Å². The molecule has 0 unspecified atom stereocenters. The normalized spacial score (nSPS) is 12.2. The Morgan fingerprint density at radius 1 is 1.38 bits per heavy atom. The Morgan fingerprint density at radius 3 is 2.62 bits per heavy atom. The van der Waals surface area contributed by atoms with Crippen molar-refractivity contribution in [3.05, 3.63) is 49.9 Å². The molecule has 1 aromatic heterocycles. The number of halogens is 2. The van der Waals surface area contributed by atoms with Gasteiger partial charge < -0.3 is 10.4 Å². The number of aromatic nitrogens is 1. The molecule has 2 aromatic rings. The molecule has 0 saturated carbocycles. The second-order valence-electron chi connectivity index (χ2n) is 4.56. The van der Waals surface area contributed by atoms with Crippen LogP contribution in [0.2, 0.25) is 10.0 Å². The topological polar surface area (TPSA) is 62.2 Å². The third-order valence-electron chi connectivity index (χ3n) is 2.75. The van der Waals surface area contributed by atoms with Crippen molar-refractivity contribution < 1.29 is 9.90 Å². The van der Waals surface area contributed by atoms with Gasteiger partial charge in [-0.25, -0.2) is 4.98 Å². The van der Waals surface area contributed by atoms with Gasteiger partial charge in [-0.3, -0.25) is 4.79 Å². The van der Waals surface area contributed by atoms with E-state index in [2.05, 4.69) is 10.3 Å². The Bertz CT molecular complexity index is 625. The number of benzene rings is 1. The number of hydrogen-bond donors (Lipinski definition) is 2. The van der Waals surface area contributed by atoms with Crippen molar-refractivity contribution in [2.24, 2.45) is 0 Å². The van der Waals surface area contributed by atoms with E-state index in [1.165, 1.54) is 11.3 Å². The monoisotopic (exact) mass is 344 g/mol. The third-order valence-corrected chi connectivity index (χ3v) is 4.10. The highest BCUT2D eigenvalue weighted by Crippen LogP contribution is 2.25. The van der Waals surface area contributed by atoms with Crippen LogP contribution < -0.4 is 5.32 Å². The number of nitrogens with zero attached hydrogens (tertiary/aromatic N) is 1. The maximum atomic E-state index is 11.8. The molecule has 112 valence electrons. The van der Waals surface area contributed by atoms with Crippen molar-refractivity contribution in [1.82, 2.24) is 10.3 Å². The Balaban J connectivity index is 1.89. The summed E-state index contributed by atoms with van der Waals surface area (Å²) in [6.07, 6.45) is 0.759. The number of aryl methyl sites for hydroxylation is 1. The number of amides is 1. The third kappa shape index (κ3) is 4.97. The molecule has 0 bridgehead atoms. The summed E-state index contributed by atoms with van der Waals surface area (Å²) in [7, 11) is 0. The summed E-state index contributed by atoms with van der Waals surface area (Å²) in [4.78, 5) is 17.1. The van der Waals surface area contributed by atoms with Crippen molar-refractivity contribution in [3.63, 3.8) is 0 Å². The van der Waals surface area contributed by atoms with Crippen LogP contribution in [0.1, 0.15) is 28.0 Å². The largest absolute Gasteiger partial charge is 0.388 e. The fraction of sp³-hybridized carbons (Fsp3) is 0.286. The maximum absolute atomic E-state index is 11.8. The van der Waals surface area contributed by atoms with Crippen molar-refractivity contribution in [2.45, 2.75) is 26.0 Å². The summed E-state index contributed by atoms with van der Waals surface area (Å²) in [5.74, 6) is -0.258. The van der Waals surface area contributed by atoms with Gasteiger partial charge in [0.05, 0.1) is 19.1 Å². The van der Waals surface area contributed by atoms with Crippen LogP contribution in [0.25, 0.3) is 0 Å². The highest BCUT2D eigenvalue weighted by molar-refractivity contribution is 7.11. The number of nitrogens with one attached hydrogen (secondary N) is 1. The summed E-state index contributed by atoms with van der Waals surface area (Å²) in [6.45, 7) is 2.32. The predicted molar refractivity (Wildman–Crippen MR) is 84.7 cm³/mol. The van der Waals surface area contributed by atoms with Crippen LogP contribution in [0.3, 0.4) is 0 Å². The second-order valence-corrected chi connectivity index (χ2v) is 6.76. The van der Waals surface area contributed by atoms with Crippen molar-refractivity contribution in [2.75, 3.05) is 0 Å². The van der Waals surface area contributed by atoms with E-state index in [0.29, 0.717) is 22.2 Å². The summed E-state index contributed by atoms with van der Waals surface area (Å²) in [5, 5.41) is 14.5. The summed E-state index contributed by atoms with van der Waals surface area (Å²) in [6, 6.07) is 4.76. The standard InChI is InChI=1S/C14H14Cl2N2O2S/c1-8-6-18-14(21-8)7-17-13(20)5-12(19)9-2-10(15)4-11(16)3-9/h2-4,6,12,19H,5,7H2,1H3,(H,17,20)/t12-/m1/s1. The van der Waals surface area contributed by atoms with Gasteiger partial charge in [0.15, 0.2) is 0 Å². The molecule has 2 rings (SSSR count). The first-order valence-electron chi connectivity index (χ1n) is 6.26. The molecule has 0 aliphatic rings. The molecule has 1 aromatic carbocycles. The molecule has 21 heavy (non-hydrogen) atoms. The minimum atomic E-state index is -0.945. The molecular formula is C14H14Cl2N2O2S. The van der Waals surface area contributed by atoms with Crippen LogP contribution in [-0.4, -0.2) is 16.0 Å². The van der Waals surface area contributed by atoms with Gasteiger partial charge in [-0.2, -0.15) is 0 Å². The van der Waals surface area contributed by atoms with E-state index in [4.69, 9.17) is 23.2 Å². The second kappa shape index (κ2) is 7.22. The number of carbonyl (C=O) groups excluding carboxylic acids is 1. The first-order valence-corrected chi connectivity index (χ1v) is 7.83. The van der Waals surface area contributed by atoms with E-state index in [1.807, 2.05) is 6.92 Å². The molecule has 4 nitrogen and oxygen atoms in total. The van der Waals surface area contributed by atoms with E-state index >= 15 is 0 Å². The molecule has 0 spiro atoms. The van der Waals surface area contributed by atoms with Gasteiger partial charge in [0, 0.05) is 21.1 Å². The number of thiazole rings is 1. The molecular weight excluding hydrogens is 331 g/mol. The van der Waals surface area contributed by atoms with Gasteiger partial charge >= 0.3 is 0 Å². The fourth-order valence-corrected chi connectivity index (χ4v) is 3.06. The minimum Gasteiger partial charge on any atom is -0.388 e. The van der Waals surface area contributed by atoms with Crippen LogP contribution in [-0.2, 0) is 11.3 Å². The predicted octanol–water partition coefficient (Wildman–Crippen LogP) is 3.50. The highest BCUT2D eigenvalue weighted by atomic mass is 35.5. The van der Waals surface area contributed by atoms with Crippen LogP contribution >= 0.6 is 34.5 Å². The van der Waals surface area contributed by atoms with Crippen LogP contribution in [0.5, 0.6) is 0 Å². The van der Waals surface area contributed by atoms with Crippen LogP contribution in [0.4, 0.5) is 0 Å². The lowest BCUT2D eigenvalue weighted by molar-refractivity contribution is -0.123. The summed E-state index contributed by atoms with van der Waals surface area (Å²) in [5.41, 5.74) is 0.521. The number of aliphatic hydroxyl groups is 1. The van der Waals surface area contributed by atoms with E-state index in [-0.39, 0.29) is 12.3 Å². The lowest BCUT2D eigenvalue weighted by atomic mass is 10.1. The van der Waals surface area contributed by atoms with Gasteiger partial charge in [-0.15, -0.1) is 11.3 Å². The Labute approximate surface area is 136 Å². The number of hydrogen-bond acceptors (Lipinski definition) is 4. The first kappa shape index (κ1) is 16.2. The lowest BCUT2D eigenvalue weighted by Gasteiger charge is -2.11. The number of aliphatic hydroxyl groups excluding tert-OH is 1. The highest BCUT2D eigenvalue weighted by Gasteiger charge is 2.14. The molecule has 0 saturated heterocycles. The molecule has 1 heterocycles. The van der Waals surface area contributed by atoms with E-state index < -0.39 is 6.10 Å². The van der Waals surface area contributed by atoms with Gasteiger partial charge in [0.2, 0.25) is 5.91 Å². The molecule has 0 radical (unpaired) electrons. The maximum Gasteiger partial charge on any atom is 0.223 e. The minimum absolute atomic E-state index is 0.0545. The van der Waals surface area contributed by atoms with E-state index in [1.54, 1.807) is 24.4 Å². The SMILES string of the molecule is Cc1cnc(CNC(=O)C[C@@H](O)c2cc(Cl)cc(Cl)c2)s1. The molecule has 0 aliphatic heterocycles. The first-order chi connectivity index (χ1) is 9.94. The van der Waals surface area contributed by atoms with Gasteiger partial charge in [-0.05, 0) is 30.7 Å². The van der Waals surface area contributed by atoms with Crippen LogP contribution in [0.15, 0.2) is 24.4 Å². The molecule has 0 fully saturated rings. The zero-order valence-corrected chi connectivity index (χ0v) is 13.6. The molecule has 1 amide bonds. The number of carbonyl (C=O) groups is 1. The van der Waals surface area contributed by atoms with Crippen molar-refractivity contribution in [3.8, 4) is 0 Å². The Kier molecular flexibility index (Phi) is 5.58. The molecule has 0 aliphatic carbocycles. The molecule has 1 atom stereocenters. The zero-order chi connectivity index (χ0) is 15.4. The summed E-state index contributed by atoms with van der Waals surface area (Å²) < 4.78 is 0. The summed E-state index contributed by atoms with van der Waals surface area (Å²) >= 11 is 13.3. The fourth-order valence-electron chi connectivity index (χ4n) is 1.79. The van der Waals surface area contributed by atoms with Gasteiger partial charge in [0.1, 0.15) is 5.01 Å². The zero-order valence-electron chi connectivity index (χ0n) is 11.3. The van der Waals surface area contributed by atoms with E-state index in [0.717, 1.165) is 9.88 Å². The average molecular weight is 345 g/mol. The quantitative estimate of drug-likeness (QED) is 0.872. The van der Waals surface area contributed by atoms with Gasteiger partial charge in [-0.1, -0.05) is 23.2 Å². The molecule has 7 heteroatoms.